The van der Waals surface area contributed by atoms with E-state index in [-0.39, 0.29) is 12.8 Å². The summed E-state index contributed by atoms with van der Waals surface area (Å²) in [5, 5.41) is 5.02. The van der Waals surface area contributed by atoms with E-state index in [9.17, 15) is 24.0 Å². The Balaban J connectivity index is 1.38. The maximum Gasteiger partial charge on any atom is 0.407 e. The van der Waals surface area contributed by atoms with E-state index >= 15 is 0 Å². The van der Waals surface area contributed by atoms with Crippen LogP contribution in [0.5, 0.6) is 0 Å². The number of imide groups is 2. The van der Waals surface area contributed by atoms with E-state index in [1.807, 2.05) is 26.8 Å². The van der Waals surface area contributed by atoms with Crippen LogP contribution in [0, 0.1) is 5.92 Å². The van der Waals surface area contributed by atoms with Gasteiger partial charge in [0.1, 0.15) is 11.6 Å². The molecule has 0 bridgehead atoms. The van der Waals surface area contributed by atoms with E-state index in [1.54, 1.807) is 12.1 Å². The molecule has 5 amide bonds. The minimum absolute atomic E-state index is 0.0902. The molecule has 3 aliphatic rings. The molecule has 0 radical (unpaired) electrons. The Morgan fingerprint density at radius 3 is 2.46 bits per heavy atom. The summed E-state index contributed by atoms with van der Waals surface area (Å²) >= 11 is 0. The second-order valence-corrected chi connectivity index (χ2v) is 10.3. The number of anilines is 1. The Morgan fingerprint density at radius 2 is 1.80 bits per heavy atom. The van der Waals surface area contributed by atoms with Gasteiger partial charge in [-0.3, -0.25) is 29.4 Å². The topological polar surface area (TPSA) is 125 Å². The summed E-state index contributed by atoms with van der Waals surface area (Å²) in [6, 6.07) is 4.23. The zero-order chi connectivity index (χ0) is 25.3. The molecular formula is C25H32N4O6. The number of hydrogen-bond acceptors (Lipinski definition) is 7. The summed E-state index contributed by atoms with van der Waals surface area (Å²) in [5.41, 5.74) is 0.784. The van der Waals surface area contributed by atoms with Crippen molar-refractivity contribution in [2.45, 2.75) is 64.5 Å². The first-order chi connectivity index (χ1) is 16.5. The lowest BCUT2D eigenvalue weighted by atomic mass is 9.92. The number of carbonyl (C=O) groups is 5. The number of benzene rings is 1. The van der Waals surface area contributed by atoms with Gasteiger partial charge in [-0.1, -0.05) is 6.07 Å². The Hall–Kier alpha value is -3.43. The van der Waals surface area contributed by atoms with Gasteiger partial charge in [0, 0.05) is 26.1 Å². The average molecular weight is 485 g/mol. The molecule has 188 valence electrons. The first-order valence-electron chi connectivity index (χ1n) is 12.1. The van der Waals surface area contributed by atoms with Gasteiger partial charge in [0.15, 0.2) is 0 Å². The lowest BCUT2D eigenvalue weighted by Crippen LogP contribution is -2.54. The highest BCUT2D eigenvalue weighted by Crippen LogP contribution is 2.36. The molecule has 1 aromatic carbocycles. The van der Waals surface area contributed by atoms with Gasteiger partial charge < -0.3 is 15.0 Å². The summed E-state index contributed by atoms with van der Waals surface area (Å²) in [5.74, 6) is -1.57. The highest BCUT2D eigenvalue weighted by atomic mass is 16.6. The van der Waals surface area contributed by atoms with E-state index < -0.39 is 41.4 Å². The van der Waals surface area contributed by atoms with Crippen LogP contribution >= 0.6 is 0 Å². The van der Waals surface area contributed by atoms with Gasteiger partial charge >= 0.3 is 6.09 Å². The molecule has 10 nitrogen and oxygen atoms in total. The molecule has 4 rings (SSSR count). The maximum absolute atomic E-state index is 13.3. The van der Waals surface area contributed by atoms with E-state index in [2.05, 4.69) is 15.5 Å². The summed E-state index contributed by atoms with van der Waals surface area (Å²) in [4.78, 5) is 65.2. The first-order valence-corrected chi connectivity index (χ1v) is 12.1. The molecule has 0 aliphatic carbocycles. The fourth-order valence-electron chi connectivity index (χ4n) is 4.92. The maximum atomic E-state index is 13.3. The Morgan fingerprint density at radius 1 is 1.09 bits per heavy atom. The molecule has 0 spiro atoms. The Bertz CT molecular complexity index is 1050. The first kappa shape index (κ1) is 24.7. The predicted molar refractivity (Wildman–Crippen MR) is 127 cm³/mol. The number of carbonyl (C=O) groups excluding carboxylic acids is 5. The van der Waals surface area contributed by atoms with Crippen molar-refractivity contribution in [1.82, 2.24) is 15.5 Å². The van der Waals surface area contributed by atoms with Crippen molar-refractivity contribution in [2.24, 2.45) is 5.92 Å². The predicted octanol–water partition coefficient (Wildman–Crippen LogP) is 2.22. The van der Waals surface area contributed by atoms with Crippen LogP contribution in [0.2, 0.25) is 0 Å². The molecular weight excluding hydrogens is 452 g/mol. The van der Waals surface area contributed by atoms with Gasteiger partial charge in [-0.25, -0.2) is 4.79 Å². The van der Waals surface area contributed by atoms with Gasteiger partial charge in [0.25, 0.3) is 11.8 Å². The SMILES string of the molecule is CC(C)(C)OC(=O)NCCC1CCN(c2cccc3c2C(=O)N(C2CCC(=O)NC2=O)C3=O)CC1. The van der Waals surface area contributed by atoms with Crippen molar-refractivity contribution >= 4 is 35.4 Å². The summed E-state index contributed by atoms with van der Waals surface area (Å²) in [6.07, 6.45) is 2.41. The van der Waals surface area contributed by atoms with Crippen molar-refractivity contribution < 1.29 is 28.7 Å². The third-order valence-electron chi connectivity index (χ3n) is 6.62. The second kappa shape index (κ2) is 9.67. The van der Waals surface area contributed by atoms with Crippen LogP contribution in [0.25, 0.3) is 0 Å². The fraction of sp³-hybridized carbons (Fsp3) is 0.560. The van der Waals surface area contributed by atoms with E-state index in [1.165, 1.54) is 0 Å². The quantitative estimate of drug-likeness (QED) is 0.614. The zero-order valence-corrected chi connectivity index (χ0v) is 20.4. The standard InChI is InChI=1S/C25H32N4O6/c1-25(2,3)35-24(34)26-12-9-15-10-13-28(14-11-15)17-6-4-5-16-20(17)23(33)29(22(16)32)18-7-8-19(30)27-21(18)31/h4-6,15,18H,7-14H2,1-3H3,(H,26,34)(H,27,30,31). The normalized spacial score (nSPS) is 21.2. The highest BCUT2D eigenvalue weighted by Gasteiger charge is 2.46. The number of alkyl carbamates (subject to hydrolysis) is 1. The summed E-state index contributed by atoms with van der Waals surface area (Å²) in [6.45, 7) is 7.44. The molecule has 1 unspecified atom stereocenters. The van der Waals surface area contributed by atoms with Gasteiger partial charge in [0.2, 0.25) is 11.8 Å². The van der Waals surface area contributed by atoms with Crippen LogP contribution in [-0.2, 0) is 14.3 Å². The van der Waals surface area contributed by atoms with Crippen LogP contribution in [-0.4, -0.2) is 65.9 Å². The number of nitrogens with zero attached hydrogens (tertiary/aromatic N) is 2. The number of rotatable bonds is 5. The minimum Gasteiger partial charge on any atom is -0.444 e. The monoisotopic (exact) mass is 484 g/mol. The van der Waals surface area contributed by atoms with Crippen LogP contribution in [0.4, 0.5) is 10.5 Å². The van der Waals surface area contributed by atoms with Gasteiger partial charge in [-0.15, -0.1) is 0 Å². The van der Waals surface area contributed by atoms with Crippen LogP contribution in [0.15, 0.2) is 18.2 Å². The molecule has 35 heavy (non-hydrogen) atoms. The molecule has 1 atom stereocenters. The van der Waals surface area contributed by atoms with Gasteiger partial charge in [-0.05, 0) is 64.5 Å². The van der Waals surface area contributed by atoms with Crippen molar-refractivity contribution in [3.05, 3.63) is 29.3 Å². The van der Waals surface area contributed by atoms with Crippen LogP contribution in [0.1, 0.15) is 73.6 Å². The average Bonchev–Trinajstić information content (AvgIpc) is 3.04. The lowest BCUT2D eigenvalue weighted by Gasteiger charge is -2.34. The number of fused-ring (bicyclic) bond motifs is 1. The van der Waals surface area contributed by atoms with Crippen LogP contribution in [0.3, 0.4) is 0 Å². The number of ether oxygens (including phenoxy) is 1. The van der Waals surface area contributed by atoms with Crippen molar-refractivity contribution in [2.75, 3.05) is 24.5 Å². The number of nitrogens with one attached hydrogen (secondary N) is 2. The molecule has 1 aromatic rings. The second-order valence-electron chi connectivity index (χ2n) is 10.3. The lowest BCUT2D eigenvalue weighted by molar-refractivity contribution is -0.136. The minimum atomic E-state index is -0.976. The zero-order valence-electron chi connectivity index (χ0n) is 20.4. The molecule has 2 fully saturated rings. The number of hydrogen-bond donors (Lipinski definition) is 2. The Labute approximate surface area is 204 Å². The van der Waals surface area contributed by atoms with Gasteiger partial charge in [0.05, 0.1) is 16.8 Å². The van der Waals surface area contributed by atoms with Crippen molar-refractivity contribution in [3.8, 4) is 0 Å². The smallest absolute Gasteiger partial charge is 0.407 e. The molecule has 0 aromatic heterocycles. The summed E-state index contributed by atoms with van der Waals surface area (Å²) in [7, 11) is 0. The van der Waals surface area contributed by atoms with Crippen LogP contribution < -0.4 is 15.5 Å². The van der Waals surface area contributed by atoms with E-state index in [4.69, 9.17) is 4.74 Å². The molecule has 2 saturated heterocycles. The largest absolute Gasteiger partial charge is 0.444 e. The van der Waals surface area contributed by atoms with E-state index in [0.717, 1.165) is 24.2 Å². The van der Waals surface area contributed by atoms with Crippen molar-refractivity contribution in [1.29, 1.82) is 0 Å². The molecule has 10 heteroatoms. The molecule has 0 saturated carbocycles. The highest BCUT2D eigenvalue weighted by molar-refractivity contribution is 6.25. The van der Waals surface area contributed by atoms with E-state index in [0.29, 0.717) is 42.4 Å². The van der Waals surface area contributed by atoms with Crippen molar-refractivity contribution in [3.63, 3.8) is 0 Å². The Kier molecular flexibility index (Phi) is 6.82. The fourth-order valence-corrected chi connectivity index (χ4v) is 4.92. The molecule has 3 heterocycles. The molecule has 3 aliphatic heterocycles. The third-order valence-corrected chi connectivity index (χ3v) is 6.62. The number of piperidine rings is 2. The number of amides is 5. The molecule has 2 N–H and O–H groups in total. The third kappa shape index (κ3) is 5.31. The van der Waals surface area contributed by atoms with Gasteiger partial charge in [-0.2, -0.15) is 0 Å². The summed E-state index contributed by atoms with van der Waals surface area (Å²) < 4.78 is 5.26.